The maximum atomic E-state index is 9.45. The second kappa shape index (κ2) is 7.29. The van der Waals surface area contributed by atoms with E-state index in [1.807, 2.05) is 24.5 Å². The zero-order valence-corrected chi connectivity index (χ0v) is 14.7. The summed E-state index contributed by atoms with van der Waals surface area (Å²) in [4.78, 5) is 10.9. The monoisotopic (exact) mass is 345 g/mol. The summed E-state index contributed by atoms with van der Waals surface area (Å²) in [5.41, 5.74) is 1.19. The number of hydrogen-bond acceptors (Lipinski definition) is 6. The number of aromatic nitrogens is 2. The Balaban J connectivity index is 1.94. The Kier molecular flexibility index (Phi) is 5.15. The van der Waals surface area contributed by atoms with E-state index in [0.29, 0.717) is 0 Å². The van der Waals surface area contributed by atoms with Gasteiger partial charge in [0.05, 0.1) is 12.0 Å². The predicted octanol–water partition coefficient (Wildman–Crippen LogP) is 3.88. The van der Waals surface area contributed by atoms with Crippen LogP contribution in [-0.2, 0) is 0 Å². The molecule has 0 saturated heterocycles. The number of nitrogens with one attached hydrogen (secondary N) is 1. The SMILES string of the molecule is CSC(CO)C(C)Nc1ncnc2sc(-c3ccccc3)cc12. The molecule has 2 atom stereocenters. The van der Waals surface area contributed by atoms with Gasteiger partial charge in [-0.3, -0.25) is 0 Å². The molecule has 23 heavy (non-hydrogen) atoms. The summed E-state index contributed by atoms with van der Waals surface area (Å²) in [6.45, 7) is 2.21. The van der Waals surface area contributed by atoms with Gasteiger partial charge in [-0.05, 0) is 24.8 Å². The van der Waals surface area contributed by atoms with Crippen LogP contribution in [0.4, 0.5) is 5.82 Å². The Morgan fingerprint density at radius 2 is 2.04 bits per heavy atom. The minimum Gasteiger partial charge on any atom is -0.395 e. The smallest absolute Gasteiger partial charge is 0.138 e. The number of fused-ring (bicyclic) bond motifs is 1. The van der Waals surface area contributed by atoms with Crippen molar-refractivity contribution in [2.24, 2.45) is 0 Å². The number of nitrogens with zero attached hydrogens (tertiary/aromatic N) is 2. The van der Waals surface area contributed by atoms with E-state index < -0.39 is 0 Å². The first-order valence-corrected chi connectivity index (χ1v) is 9.53. The van der Waals surface area contributed by atoms with E-state index in [4.69, 9.17) is 0 Å². The third-order valence-corrected chi connectivity index (χ3v) is 6.05. The maximum Gasteiger partial charge on any atom is 0.138 e. The van der Waals surface area contributed by atoms with Crippen molar-refractivity contribution in [1.29, 1.82) is 0 Å². The fourth-order valence-electron chi connectivity index (χ4n) is 2.46. The minimum atomic E-state index is 0.119. The van der Waals surface area contributed by atoms with Gasteiger partial charge in [-0.1, -0.05) is 30.3 Å². The molecule has 0 fully saturated rings. The molecule has 0 bridgehead atoms. The highest BCUT2D eigenvalue weighted by Gasteiger charge is 2.17. The van der Waals surface area contributed by atoms with Crippen molar-refractivity contribution < 1.29 is 5.11 Å². The first-order chi connectivity index (χ1) is 11.2. The van der Waals surface area contributed by atoms with E-state index in [1.165, 1.54) is 10.4 Å². The van der Waals surface area contributed by atoms with Gasteiger partial charge in [0.25, 0.3) is 0 Å². The topological polar surface area (TPSA) is 58.0 Å². The van der Waals surface area contributed by atoms with Crippen LogP contribution in [0.5, 0.6) is 0 Å². The molecule has 0 aliphatic rings. The van der Waals surface area contributed by atoms with Crippen molar-refractivity contribution >= 4 is 39.1 Å². The number of aliphatic hydroxyl groups is 1. The fraction of sp³-hybridized carbons (Fsp3) is 0.294. The molecule has 3 aromatic rings. The van der Waals surface area contributed by atoms with E-state index >= 15 is 0 Å². The molecule has 2 unspecified atom stereocenters. The summed E-state index contributed by atoms with van der Waals surface area (Å²) in [6.07, 6.45) is 3.60. The number of rotatable bonds is 6. The fourth-order valence-corrected chi connectivity index (χ4v) is 4.09. The van der Waals surface area contributed by atoms with E-state index in [2.05, 4.69) is 40.4 Å². The van der Waals surface area contributed by atoms with Crippen LogP contribution in [-0.4, -0.2) is 39.2 Å². The summed E-state index contributed by atoms with van der Waals surface area (Å²) < 4.78 is 0. The molecule has 4 nitrogen and oxygen atoms in total. The van der Waals surface area contributed by atoms with E-state index in [1.54, 1.807) is 29.4 Å². The molecule has 3 rings (SSSR count). The molecule has 2 N–H and O–H groups in total. The lowest BCUT2D eigenvalue weighted by Gasteiger charge is -2.21. The van der Waals surface area contributed by atoms with Gasteiger partial charge in [0.15, 0.2) is 0 Å². The Hall–Kier alpha value is -1.63. The van der Waals surface area contributed by atoms with E-state index in [0.717, 1.165) is 16.0 Å². The lowest BCUT2D eigenvalue weighted by atomic mass is 10.2. The lowest BCUT2D eigenvalue weighted by Crippen LogP contribution is -2.31. The minimum absolute atomic E-state index is 0.119. The highest BCUT2D eigenvalue weighted by molar-refractivity contribution is 7.99. The van der Waals surface area contributed by atoms with E-state index in [-0.39, 0.29) is 17.9 Å². The predicted molar refractivity (Wildman–Crippen MR) is 100 cm³/mol. The quantitative estimate of drug-likeness (QED) is 0.710. The Morgan fingerprint density at radius 1 is 1.26 bits per heavy atom. The third kappa shape index (κ3) is 3.49. The lowest BCUT2D eigenvalue weighted by molar-refractivity contribution is 0.288. The Morgan fingerprint density at radius 3 is 2.74 bits per heavy atom. The molecule has 0 amide bonds. The Bertz CT molecular complexity index is 772. The van der Waals surface area contributed by atoms with Gasteiger partial charge >= 0.3 is 0 Å². The standard InChI is InChI=1S/C17H19N3OS2/c1-11(15(9-21)22-2)20-16-13-8-14(12-6-4-3-5-7-12)23-17(13)19-10-18-16/h3-8,10-11,15,21H,9H2,1-2H3,(H,18,19,20). The summed E-state index contributed by atoms with van der Waals surface area (Å²) in [7, 11) is 0. The molecule has 6 heteroatoms. The van der Waals surface area contributed by atoms with Gasteiger partial charge in [-0.2, -0.15) is 11.8 Å². The molecular formula is C17H19N3OS2. The molecule has 2 heterocycles. The van der Waals surface area contributed by atoms with Gasteiger partial charge in [0.1, 0.15) is 17.0 Å². The van der Waals surface area contributed by atoms with Crippen molar-refractivity contribution in [3.63, 3.8) is 0 Å². The second-order valence-corrected chi connectivity index (χ2v) is 7.42. The highest BCUT2D eigenvalue weighted by Crippen LogP contribution is 2.35. The normalized spacial score (nSPS) is 13.9. The van der Waals surface area contributed by atoms with Crippen LogP contribution in [0.3, 0.4) is 0 Å². The average molecular weight is 345 g/mol. The van der Waals surface area contributed by atoms with Crippen molar-refractivity contribution in [2.75, 3.05) is 18.2 Å². The van der Waals surface area contributed by atoms with Gasteiger partial charge < -0.3 is 10.4 Å². The highest BCUT2D eigenvalue weighted by atomic mass is 32.2. The zero-order chi connectivity index (χ0) is 16.2. The molecule has 120 valence electrons. The molecule has 0 aliphatic heterocycles. The summed E-state index contributed by atoms with van der Waals surface area (Å²) in [5.74, 6) is 0.827. The van der Waals surface area contributed by atoms with E-state index in [9.17, 15) is 5.11 Å². The van der Waals surface area contributed by atoms with Crippen LogP contribution in [0.2, 0.25) is 0 Å². The van der Waals surface area contributed by atoms with Crippen molar-refractivity contribution in [3.05, 3.63) is 42.7 Å². The molecule has 0 saturated carbocycles. The number of benzene rings is 1. The maximum absolute atomic E-state index is 9.45. The summed E-state index contributed by atoms with van der Waals surface area (Å²) in [6, 6.07) is 12.6. The largest absolute Gasteiger partial charge is 0.395 e. The first kappa shape index (κ1) is 16.2. The van der Waals surface area contributed by atoms with Gasteiger partial charge in [-0.25, -0.2) is 9.97 Å². The summed E-state index contributed by atoms with van der Waals surface area (Å²) >= 11 is 3.32. The van der Waals surface area contributed by atoms with Gasteiger partial charge in [0.2, 0.25) is 0 Å². The zero-order valence-electron chi connectivity index (χ0n) is 13.1. The first-order valence-electron chi connectivity index (χ1n) is 7.43. The van der Waals surface area contributed by atoms with Crippen molar-refractivity contribution in [1.82, 2.24) is 9.97 Å². The van der Waals surface area contributed by atoms with Gasteiger partial charge in [0, 0.05) is 16.2 Å². The average Bonchev–Trinajstić information content (AvgIpc) is 3.02. The number of thioether (sulfide) groups is 1. The summed E-state index contributed by atoms with van der Waals surface area (Å²) in [5, 5.41) is 14.0. The molecule has 0 aliphatic carbocycles. The molecule has 1 aromatic carbocycles. The molecular weight excluding hydrogens is 326 g/mol. The van der Waals surface area contributed by atoms with Crippen LogP contribution in [0.1, 0.15) is 6.92 Å². The van der Waals surface area contributed by atoms with Crippen molar-refractivity contribution in [3.8, 4) is 10.4 Å². The number of aliphatic hydroxyl groups excluding tert-OH is 1. The van der Waals surface area contributed by atoms with Crippen LogP contribution >= 0.6 is 23.1 Å². The van der Waals surface area contributed by atoms with Crippen molar-refractivity contribution in [2.45, 2.75) is 18.2 Å². The number of thiophene rings is 1. The Labute approximate surface area is 144 Å². The second-order valence-electron chi connectivity index (χ2n) is 5.31. The molecule has 0 spiro atoms. The molecule has 2 aromatic heterocycles. The van der Waals surface area contributed by atoms with Crippen LogP contribution in [0.15, 0.2) is 42.7 Å². The van der Waals surface area contributed by atoms with Gasteiger partial charge in [-0.15, -0.1) is 11.3 Å². The van der Waals surface area contributed by atoms with Crippen LogP contribution in [0, 0.1) is 0 Å². The number of anilines is 1. The molecule has 0 radical (unpaired) electrons. The number of hydrogen-bond donors (Lipinski definition) is 2. The third-order valence-electron chi connectivity index (χ3n) is 3.79. The van der Waals surface area contributed by atoms with Crippen LogP contribution < -0.4 is 5.32 Å². The van der Waals surface area contributed by atoms with Crippen LogP contribution in [0.25, 0.3) is 20.7 Å².